The van der Waals surface area contributed by atoms with E-state index in [1.807, 2.05) is 45.2 Å². The Hall–Kier alpha value is -2.30. The molecule has 0 aliphatic heterocycles. The molecule has 24 heavy (non-hydrogen) atoms. The highest BCUT2D eigenvalue weighted by Crippen LogP contribution is 2.19. The summed E-state index contributed by atoms with van der Waals surface area (Å²) in [6, 6.07) is 8.07. The first-order valence-corrected chi connectivity index (χ1v) is 8.27. The molecule has 0 unspecified atom stereocenters. The molecule has 1 aromatic heterocycles. The fourth-order valence-corrected chi connectivity index (χ4v) is 2.47. The van der Waals surface area contributed by atoms with Gasteiger partial charge in [-0.2, -0.15) is 0 Å². The lowest BCUT2D eigenvalue weighted by molar-refractivity contribution is -0.142. The average molecular weight is 329 g/mol. The summed E-state index contributed by atoms with van der Waals surface area (Å²) < 4.78 is 0. The van der Waals surface area contributed by atoms with Crippen molar-refractivity contribution in [2.45, 2.75) is 46.6 Å². The van der Waals surface area contributed by atoms with Gasteiger partial charge in [0.1, 0.15) is 5.41 Å². The van der Waals surface area contributed by atoms with E-state index in [-0.39, 0.29) is 17.4 Å². The van der Waals surface area contributed by atoms with E-state index in [1.54, 1.807) is 13.8 Å². The molecule has 0 aliphatic rings. The molecule has 2 rings (SSSR count). The van der Waals surface area contributed by atoms with E-state index in [9.17, 15) is 9.59 Å². The van der Waals surface area contributed by atoms with Crippen molar-refractivity contribution in [2.24, 2.45) is 5.41 Å². The molecule has 0 fully saturated rings. The predicted octanol–water partition coefficient (Wildman–Crippen LogP) is 2.77. The minimum Gasteiger partial charge on any atom is -0.361 e. The van der Waals surface area contributed by atoms with Crippen molar-refractivity contribution in [3.05, 3.63) is 36.0 Å². The summed E-state index contributed by atoms with van der Waals surface area (Å²) in [6.45, 7) is 9.48. The minimum atomic E-state index is -1.10. The zero-order chi connectivity index (χ0) is 18.0. The molecule has 5 nitrogen and oxygen atoms in total. The van der Waals surface area contributed by atoms with Gasteiger partial charge in [-0.25, -0.2) is 0 Å². The van der Waals surface area contributed by atoms with Crippen molar-refractivity contribution in [3.8, 4) is 0 Å². The lowest BCUT2D eigenvalue weighted by atomic mass is 9.89. The second-order valence-electron chi connectivity index (χ2n) is 7.69. The van der Waals surface area contributed by atoms with Gasteiger partial charge in [-0.05, 0) is 52.7 Å². The van der Waals surface area contributed by atoms with Crippen LogP contribution in [0.3, 0.4) is 0 Å². The number of H-pyrrole nitrogens is 1. The van der Waals surface area contributed by atoms with Crippen LogP contribution >= 0.6 is 0 Å². The van der Waals surface area contributed by atoms with Crippen LogP contribution in [-0.4, -0.2) is 28.9 Å². The lowest BCUT2D eigenvalue weighted by Gasteiger charge is -2.28. The fourth-order valence-electron chi connectivity index (χ4n) is 2.47. The van der Waals surface area contributed by atoms with Crippen molar-refractivity contribution >= 4 is 22.7 Å². The Balaban J connectivity index is 1.94. The highest BCUT2D eigenvalue weighted by atomic mass is 16.2. The van der Waals surface area contributed by atoms with E-state index >= 15 is 0 Å². The summed E-state index contributed by atoms with van der Waals surface area (Å²) in [4.78, 5) is 27.9. The number of benzene rings is 1. The van der Waals surface area contributed by atoms with Gasteiger partial charge in [-0.3, -0.25) is 9.59 Å². The molecule has 130 valence electrons. The molecule has 0 radical (unpaired) electrons. The van der Waals surface area contributed by atoms with Gasteiger partial charge in [-0.15, -0.1) is 0 Å². The molecule has 0 saturated heterocycles. The SMILES string of the molecule is CC(C)(C)NC(=O)C(C)(C)C(=O)NCCc1c[nH]c2ccccc12. The van der Waals surface area contributed by atoms with Crippen LogP contribution in [0, 0.1) is 5.41 Å². The third kappa shape index (κ3) is 4.16. The number of fused-ring (bicyclic) bond motifs is 1. The standard InChI is InChI=1S/C19H27N3O2/c1-18(2,3)22-17(24)19(4,5)16(23)20-11-10-13-12-21-15-9-7-6-8-14(13)15/h6-9,12,21H,10-11H2,1-5H3,(H,20,23)(H,22,24). The number of carbonyl (C=O) groups excluding carboxylic acids is 2. The summed E-state index contributed by atoms with van der Waals surface area (Å²) >= 11 is 0. The van der Waals surface area contributed by atoms with Gasteiger partial charge in [0.05, 0.1) is 0 Å². The number of para-hydroxylation sites is 1. The first-order valence-electron chi connectivity index (χ1n) is 8.27. The maximum absolute atomic E-state index is 12.4. The van der Waals surface area contributed by atoms with Gasteiger partial charge in [0.25, 0.3) is 0 Å². The molecule has 1 heterocycles. The molecule has 0 bridgehead atoms. The molecular weight excluding hydrogens is 302 g/mol. The van der Waals surface area contributed by atoms with Crippen LogP contribution in [0.4, 0.5) is 0 Å². The van der Waals surface area contributed by atoms with Crippen LogP contribution < -0.4 is 10.6 Å². The van der Waals surface area contributed by atoms with Crippen LogP contribution in [0.1, 0.15) is 40.2 Å². The monoisotopic (exact) mass is 329 g/mol. The van der Waals surface area contributed by atoms with Crippen LogP contribution in [0.25, 0.3) is 10.9 Å². The molecule has 2 aromatic rings. The highest BCUT2D eigenvalue weighted by molar-refractivity contribution is 6.04. The molecule has 1 aromatic carbocycles. The topological polar surface area (TPSA) is 74.0 Å². The maximum atomic E-state index is 12.4. The molecular formula is C19H27N3O2. The number of rotatable bonds is 5. The second-order valence-corrected chi connectivity index (χ2v) is 7.69. The van der Waals surface area contributed by atoms with Crippen LogP contribution in [0.15, 0.2) is 30.5 Å². The Morgan fingerprint density at radius 1 is 1.04 bits per heavy atom. The summed E-state index contributed by atoms with van der Waals surface area (Å²) in [5.41, 5.74) is 0.776. The Bertz CT molecular complexity index is 738. The van der Waals surface area contributed by atoms with Crippen LogP contribution in [0.2, 0.25) is 0 Å². The Morgan fingerprint density at radius 3 is 2.38 bits per heavy atom. The van der Waals surface area contributed by atoms with E-state index in [0.29, 0.717) is 13.0 Å². The van der Waals surface area contributed by atoms with E-state index in [1.165, 1.54) is 0 Å². The first kappa shape index (κ1) is 18.0. The van der Waals surface area contributed by atoms with E-state index < -0.39 is 5.41 Å². The van der Waals surface area contributed by atoms with Crippen LogP contribution in [-0.2, 0) is 16.0 Å². The number of aromatic nitrogens is 1. The molecule has 5 heteroatoms. The van der Waals surface area contributed by atoms with Crippen LogP contribution in [0.5, 0.6) is 0 Å². The second kappa shape index (κ2) is 6.67. The molecule has 3 N–H and O–H groups in total. The van der Waals surface area contributed by atoms with Crippen molar-refractivity contribution in [3.63, 3.8) is 0 Å². The van der Waals surface area contributed by atoms with Gasteiger partial charge in [0.2, 0.25) is 11.8 Å². The number of hydrogen-bond acceptors (Lipinski definition) is 2. The number of hydrogen-bond donors (Lipinski definition) is 3. The third-order valence-electron chi connectivity index (χ3n) is 3.98. The summed E-state index contributed by atoms with van der Waals surface area (Å²) in [6.07, 6.45) is 2.68. The van der Waals surface area contributed by atoms with Gasteiger partial charge >= 0.3 is 0 Å². The van der Waals surface area contributed by atoms with Crippen molar-refractivity contribution in [1.82, 2.24) is 15.6 Å². The van der Waals surface area contributed by atoms with Crippen molar-refractivity contribution in [2.75, 3.05) is 6.54 Å². The normalized spacial score (nSPS) is 12.2. The van der Waals surface area contributed by atoms with Gasteiger partial charge in [0, 0.05) is 29.2 Å². The summed E-state index contributed by atoms with van der Waals surface area (Å²) in [5, 5.41) is 6.91. The zero-order valence-corrected chi connectivity index (χ0v) is 15.1. The smallest absolute Gasteiger partial charge is 0.235 e. The number of nitrogens with one attached hydrogen (secondary N) is 3. The quantitative estimate of drug-likeness (QED) is 0.738. The summed E-state index contributed by atoms with van der Waals surface area (Å²) in [5.74, 6) is -0.524. The Morgan fingerprint density at radius 2 is 1.71 bits per heavy atom. The number of amides is 2. The van der Waals surface area contributed by atoms with Crippen molar-refractivity contribution in [1.29, 1.82) is 0 Å². The van der Waals surface area contributed by atoms with E-state index in [2.05, 4.69) is 21.7 Å². The third-order valence-corrected chi connectivity index (χ3v) is 3.98. The van der Waals surface area contributed by atoms with Gasteiger partial charge < -0.3 is 15.6 Å². The fraction of sp³-hybridized carbons (Fsp3) is 0.474. The Kier molecular flexibility index (Phi) is 5.02. The number of carbonyl (C=O) groups is 2. The zero-order valence-electron chi connectivity index (χ0n) is 15.1. The van der Waals surface area contributed by atoms with E-state index in [4.69, 9.17) is 0 Å². The summed E-state index contributed by atoms with van der Waals surface area (Å²) in [7, 11) is 0. The van der Waals surface area contributed by atoms with Gasteiger partial charge in [0.15, 0.2) is 0 Å². The molecule has 0 atom stereocenters. The molecule has 2 amide bonds. The molecule has 0 spiro atoms. The lowest BCUT2D eigenvalue weighted by Crippen LogP contribution is -2.53. The first-order chi connectivity index (χ1) is 11.1. The molecule has 0 aliphatic carbocycles. The predicted molar refractivity (Wildman–Crippen MR) is 96.7 cm³/mol. The van der Waals surface area contributed by atoms with E-state index in [0.717, 1.165) is 16.5 Å². The molecule has 0 saturated carbocycles. The highest BCUT2D eigenvalue weighted by Gasteiger charge is 2.37. The van der Waals surface area contributed by atoms with Gasteiger partial charge in [-0.1, -0.05) is 18.2 Å². The maximum Gasteiger partial charge on any atom is 0.235 e. The van der Waals surface area contributed by atoms with Crippen molar-refractivity contribution < 1.29 is 9.59 Å². The average Bonchev–Trinajstić information content (AvgIpc) is 2.89. The number of aromatic amines is 1. The Labute approximate surface area is 143 Å². The minimum absolute atomic E-state index is 0.260. The largest absolute Gasteiger partial charge is 0.361 e.